The molecule has 1 aliphatic rings. The Morgan fingerprint density at radius 3 is 2.70 bits per heavy atom. The summed E-state index contributed by atoms with van der Waals surface area (Å²) in [5.74, 6) is -0.259. The van der Waals surface area contributed by atoms with Crippen LogP contribution in [-0.4, -0.2) is 58.0 Å². The Kier molecular flexibility index (Phi) is 7.39. The summed E-state index contributed by atoms with van der Waals surface area (Å²) in [7, 11) is -3.92. The molecule has 4 heterocycles. The van der Waals surface area contributed by atoms with E-state index in [2.05, 4.69) is 9.97 Å². The molecular formula is C29H22ClN5O6S2. The zero-order valence-corrected chi connectivity index (χ0v) is 25.0. The van der Waals surface area contributed by atoms with Crippen molar-refractivity contribution in [3.8, 4) is 22.9 Å². The maximum Gasteiger partial charge on any atom is 0.338 e. The Hall–Kier alpha value is -4.35. The zero-order chi connectivity index (χ0) is 30.5. The van der Waals surface area contributed by atoms with E-state index in [0.29, 0.717) is 51.0 Å². The molecule has 1 fully saturated rings. The predicted octanol–water partition coefficient (Wildman–Crippen LogP) is 4.68. The molecule has 0 amide bonds. The smallest absolute Gasteiger partial charge is 0.338 e. The van der Waals surface area contributed by atoms with Gasteiger partial charge in [0.15, 0.2) is 0 Å². The lowest BCUT2D eigenvalue weighted by molar-refractivity contribution is 0.0699. The van der Waals surface area contributed by atoms with E-state index >= 15 is 0 Å². The average molecular weight is 636 g/mol. The lowest BCUT2D eigenvalue weighted by atomic mass is 10.0. The van der Waals surface area contributed by atoms with Gasteiger partial charge in [-0.2, -0.15) is 9.57 Å². The number of halogens is 1. The minimum absolute atomic E-state index is 0.0231. The number of thiophene rings is 1. The fourth-order valence-electron chi connectivity index (χ4n) is 5.04. The van der Waals surface area contributed by atoms with E-state index in [0.717, 1.165) is 6.42 Å². The van der Waals surface area contributed by atoms with Gasteiger partial charge in [0.05, 0.1) is 38.8 Å². The minimum Gasteiger partial charge on any atom is -0.491 e. The molecule has 1 N–H and O–H groups in total. The second-order valence-electron chi connectivity index (χ2n) is 9.80. The molecule has 43 heavy (non-hydrogen) atoms. The van der Waals surface area contributed by atoms with E-state index in [-0.39, 0.29) is 40.1 Å². The van der Waals surface area contributed by atoms with Gasteiger partial charge in [0, 0.05) is 40.8 Å². The van der Waals surface area contributed by atoms with E-state index in [1.54, 1.807) is 31.2 Å². The number of carboxylic acids is 1. The molecule has 218 valence electrons. The summed E-state index contributed by atoms with van der Waals surface area (Å²) in [6.07, 6.45) is 2.26. The fraction of sp³-hybridized carbons (Fsp3) is 0.207. The summed E-state index contributed by atoms with van der Waals surface area (Å²) in [4.78, 5) is 33.8. The number of aryl methyl sites for hydroxylation is 1. The Bertz CT molecular complexity index is 2170. The first-order chi connectivity index (χ1) is 20.6. The van der Waals surface area contributed by atoms with Crippen molar-refractivity contribution in [1.29, 1.82) is 5.26 Å². The van der Waals surface area contributed by atoms with Crippen molar-refractivity contribution in [2.24, 2.45) is 0 Å². The Labute approximate surface area is 254 Å². The van der Waals surface area contributed by atoms with Gasteiger partial charge in [-0.25, -0.2) is 18.2 Å². The van der Waals surface area contributed by atoms with E-state index in [1.165, 1.54) is 43.9 Å². The molecule has 0 aliphatic carbocycles. The second kappa shape index (κ2) is 11.1. The number of nitrogens with zero attached hydrogens (tertiary/aromatic N) is 5. The number of pyridine rings is 1. The first-order valence-corrected chi connectivity index (χ1v) is 15.8. The van der Waals surface area contributed by atoms with Crippen LogP contribution in [0.5, 0.6) is 5.75 Å². The number of benzene rings is 2. The first-order valence-electron chi connectivity index (χ1n) is 13.1. The fourth-order valence-corrected chi connectivity index (χ4v) is 7.90. The predicted molar refractivity (Wildman–Crippen MR) is 161 cm³/mol. The quantitative estimate of drug-likeness (QED) is 0.256. The Balaban J connectivity index is 1.35. The number of fused-ring (bicyclic) bond motifs is 2. The van der Waals surface area contributed by atoms with Gasteiger partial charge in [-0.1, -0.05) is 11.6 Å². The van der Waals surface area contributed by atoms with Crippen molar-refractivity contribution in [2.75, 3.05) is 19.7 Å². The van der Waals surface area contributed by atoms with Crippen LogP contribution in [0.2, 0.25) is 5.02 Å². The summed E-state index contributed by atoms with van der Waals surface area (Å²) < 4.78 is 35.6. The second-order valence-corrected chi connectivity index (χ2v) is 13.0. The summed E-state index contributed by atoms with van der Waals surface area (Å²) >= 11 is 7.57. The van der Waals surface area contributed by atoms with Crippen LogP contribution in [0.3, 0.4) is 0 Å². The van der Waals surface area contributed by atoms with Crippen LogP contribution >= 0.6 is 22.9 Å². The van der Waals surface area contributed by atoms with Gasteiger partial charge < -0.3 is 9.84 Å². The number of hydrogen-bond acceptors (Lipinski definition) is 9. The third-order valence-corrected chi connectivity index (χ3v) is 10.5. The highest BCUT2D eigenvalue weighted by Crippen LogP contribution is 2.39. The lowest BCUT2D eigenvalue weighted by Gasteiger charge is -2.30. The van der Waals surface area contributed by atoms with Crippen molar-refractivity contribution >= 4 is 60.0 Å². The van der Waals surface area contributed by atoms with Crippen molar-refractivity contribution in [3.05, 3.63) is 80.3 Å². The summed E-state index contributed by atoms with van der Waals surface area (Å²) in [6.45, 7) is 2.45. The van der Waals surface area contributed by atoms with E-state index in [4.69, 9.17) is 16.3 Å². The Morgan fingerprint density at radius 1 is 1.21 bits per heavy atom. The SMILES string of the molecule is Cc1nc2ccc(S(=O)(=O)N3CCC3)c(C#N)c2c(=O)n1CCOc1ccc(Cl)cc1-c1ccnc2c(C(=O)O)csc12. The highest BCUT2D eigenvalue weighted by Gasteiger charge is 2.33. The van der Waals surface area contributed by atoms with Crippen LogP contribution < -0.4 is 10.3 Å². The summed E-state index contributed by atoms with van der Waals surface area (Å²) in [5, 5.41) is 21.4. The van der Waals surface area contributed by atoms with Gasteiger partial charge >= 0.3 is 5.97 Å². The molecule has 5 aromatic rings. The minimum atomic E-state index is -3.92. The third-order valence-electron chi connectivity index (χ3n) is 7.31. The van der Waals surface area contributed by atoms with Crippen LogP contribution in [0.15, 0.2) is 57.7 Å². The van der Waals surface area contributed by atoms with E-state index in [9.17, 15) is 28.4 Å². The molecule has 1 aliphatic heterocycles. The van der Waals surface area contributed by atoms with Gasteiger partial charge in [0.1, 0.15) is 29.1 Å². The van der Waals surface area contributed by atoms with Gasteiger partial charge in [-0.05, 0) is 49.7 Å². The molecule has 1 saturated heterocycles. The third kappa shape index (κ3) is 4.92. The highest BCUT2D eigenvalue weighted by atomic mass is 35.5. The van der Waals surface area contributed by atoms with Crippen molar-refractivity contribution in [2.45, 2.75) is 24.8 Å². The van der Waals surface area contributed by atoms with Gasteiger partial charge in [0.25, 0.3) is 5.56 Å². The standard InChI is InChI=1S/C29H22ClN5O6S2/c1-16-33-22-4-6-24(43(39,40)34-9-2-10-34)20(14-31)25(22)28(36)35(16)11-12-41-23-5-3-17(30)13-19(23)18-7-8-32-26-21(29(37)38)15-42-27(18)26/h3-8,13,15H,2,9-12H2,1H3,(H,37,38). The number of sulfonamides is 1. The van der Waals surface area contributed by atoms with Crippen molar-refractivity contribution < 1.29 is 23.1 Å². The van der Waals surface area contributed by atoms with E-state index < -0.39 is 21.6 Å². The van der Waals surface area contributed by atoms with Crippen LogP contribution in [0.1, 0.15) is 28.2 Å². The molecule has 0 spiro atoms. The lowest BCUT2D eigenvalue weighted by Crippen LogP contribution is -2.42. The maximum absolute atomic E-state index is 13.7. The topological polar surface area (TPSA) is 155 Å². The number of aromatic nitrogens is 3. The number of carbonyl (C=O) groups is 1. The number of carboxylic acid groups (broad SMARTS) is 1. The highest BCUT2D eigenvalue weighted by molar-refractivity contribution is 7.89. The molecule has 14 heteroatoms. The zero-order valence-electron chi connectivity index (χ0n) is 22.6. The number of ether oxygens (including phenoxy) is 1. The molecule has 0 atom stereocenters. The van der Waals surface area contributed by atoms with Gasteiger partial charge in [-0.3, -0.25) is 14.3 Å². The normalized spacial score (nSPS) is 13.6. The largest absolute Gasteiger partial charge is 0.491 e. The molecule has 6 rings (SSSR count). The van der Waals surface area contributed by atoms with Crippen molar-refractivity contribution in [1.82, 2.24) is 18.8 Å². The molecule has 3 aromatic heterocycles. The number of aromatic carboxylic acids is 1. The van der Waals surface area contributed by atoms with Gasteiger partial charge in [0.2, 0.25) is 10.0 Å². The molecule has 0 bridgehead atoms. The molecule has 11 nitrogen and oxygen atoms in total. The van der Waals surface area contributed by atoms with Crippen LogP contribution in [0.4, 0.5) is 0 Å². The maximum atomic E-state index is 13.7. The van der Waals surface area contributed by atoms with Crippen LogP contribution in [0, 0.1) is 18.3 Å². The molecule has 0 unspecified atom stereocenters. The number of rotatable bonds is 8. The summed E-state index contributed by atoms with van der Waals surface area (Å²) in [6, 6.07) is 11.5. The first kappa shape index (κ1) is 28.8. The molecule has 2 aromatic carbocycles. The van der Waals surface area contributed by atoms with Gasteiger partial charge in [-0.15, -0.1) is 11.3 Å². The van der Waals surface area contributed by atoms with Crippen molar-refractivity contribution in [3.63, 3.8) is 0 Å². The average Bonchev–Trinajstić information content (AvgIpc) is 3.38. The van der Waals surface area contributed by atoms with Crippen LogP contribution in [0.25, 0.3) is 32.2 Å². The Morgan fingerprint density at radius 2 is 2.00 bits per heavy atom. The number of hydrogen-bond donors (Lipinski definition) is 1. The molecule has 0 saturated carbocycles. The molecular weight excluding hydrogens is 614 g/mol. The number of nitriles is 1. The van der Waals surface area contributed by atoms with Crippen LogP contribution in [-0.2, 0) is 16.6 Å². The summed E-state index contributed by atoms with van der Waals surface area (Å²) in [5.41, 5.74) is 1.22. The molecule has 0 radical (unpaired) electrons. The monoisotopic (exact) mass is 635 g/mol. The van der Waals surface area contributed by atoms with E-state index in [1.807, 2.05) is 6.07 Å².